The third kappa shape index (κ3) is 3.90. The van der Waals surface area contributed by atoms with Gasteiger partial charge in [0.2, 0.25) is 0 Å². The summed E-state index contributed by atoms with van der Waals surface area (Å²) in [5.41, 5.74) is 8.12. The van der Waals surface area contributed by atoms with Crippen LogP contribution in [0.25, 0.3) is 0 Å². The van der Waals surface area contributed by atoms with Crippen LogP contribution < -0.4 is 11.1 Å². The average molecular weight is 310 g/mol. The van der Waals surface area contributed by atoms with Crippen molar-refractivity contribution in [3.63, 3.8) is 0 Å². The molecule has 3 rings (SSSR count). The van der Waals surface area contributed by atoms with E-state index in [1.807, 2.05) is 18.2 Å². The van der Waals surface area contributed by atoms with E-state index in [9.17, 15) is 4.79 Å². The van der Waals surface area contributed by atoms with Gasteiger partial charge in [-0.3, -0.25) is 4.79 Å². The van der Waals surface area contributed by atoms with Gasteiger partial charge in [-0.25, -0.2) is 0 Å². The van der Waals surface area contributed by atoms with E-state index in [1.165, 1.54) is 5.56 Å². The second kappa shape index (κ2) is 7.29. The van der Waals surface area contributed by atoms with E-state index in [0.29, 0.717) is 23.7 Å². The van der Waals surface area contributed by atoms with Crippen molar-refractivity contribution < 1.29 is 9.53 Å². The second-order valence-electron chi connectivity index (χ2n) is 5.94. The minimum Gasteiger partial charge on any atom is -0.399 e. The van der Waals surface area contributed by atoms with E-state index in [-0.39, 0.29) is 12.0 Å². The molecular formula is C19H22N2O2. The van der Waals surface area contributed by atoms with Crippen LogP contribution >= 0.6 is 0 Å². The smallest absolute Gasteiger partial charge is 0.251 e. The predicted molar refractivity (Wildman–Crippen MR) is 91.0 cm³/mol. The van der Waals surface area contributed by atoms with Crippen molar-refractivity contribution in [2.24, 2.45) is 5.92 Å². The summed E-state index contributed by atoms with van der Waals surface area (Å²) in [6, 6.07) is 17.2. The number of nitrogen functional groups attached to an aromatic ring is 1. The molecule has 2 unspecified atom stereocenters. The Kier molecular flexibility index (Phi) is 4.93. The number of hydrogen-bond donors (Lipinski definition) is 2. The number of anilines is 1. The SMILES string of the molecule is Nc1ccc(C(=O)NCC2CCCOC2c2ccccc2)cc1. The van der Waals surface area contributed by atoms with Crippen molar-refractivity contribution in [3.05, 3.63) is 65.7 Å². The van der Waals surface area contributed by atoms with Crippen molar-refractivity contribution in [1.82, 2.24) is 5.32 Å². The number of carbonyl (C=O) groups excluding carboxylic acids is 1. The van der Waals surface area contributed by atoms with E-state index in [0.717, 1.165) is 19.4 Å². The number of hydrogen-bond acceptors (Lipinski definition) is 3. The molecule has 0 radical (unpaired) electrons. The molecule has 2 aromatic rings. The molecule has 23 heavy (non-hydrogen) atoms. The van der Waals surface area contributed by atoms with Crippen LogP contribution in [0.3, 0.4) is 0 Å². The standard InChI is InChI=1S/C19H22N2O2/c20-17-10-8-15(9-11-17)19(22)21-13-16-7-4-12-23-18(16)14-5-2-1-3-6-14/h1-3,5-6,8-11,16,18H,4,7,12-13,20H2,(H,21,22). The van der Waals surface area contributed by atoms with Crippen molar-refractivity contribution >= 4 is 11.6 Å². The van der Waals surface area contributed by atoms with Crippen molar-refractivity contribution in [2.75, 3.05) is 18.9 Å². The number of nitrogens with two attached hydrogens (primary N) is 1. The molecule has 4 heteroatoms. The molecule has 0 bridgehead atoms. The van der Waals surface area contributed by atoms with Crippen LogP contribution in [0, 0.1) is 5.92 Å². The summed E-state index contributed by atoms with van der Waals surface area (Å²) in [5.74, 6) is 0.228. The zero-order chi connectivity index (χ0) is 16.1. The molecule has 1 fully saturated rings. The topological polar surface area (TPSA) is 64.4 Å². The Bertz CT molecular complexity index is 640. The molecule has 1 heterocycles. The van der Waals surface area contributed by atoms with Gasteiger partial charge in [-0.1, -0.05) is 30.3 Å². The van der Waals surface area contributed by atoms with Gasteiger partial charge in [-0.05, 0) is 42.7 Å². The van der Waals surface area contributed by atoms with Crippen molar-refractivity contribution in [2.45, 2.75) is 18.9 Å². The molecule has 4 nitrogen and oxygen atoms in total. The molecule has 0 spiro atoms. The highest BCUT2D eigenvalue weighted by molar-refractivity contribution is 5.94. The lowest BCUT2D eigenvalue weighted by Gasteiger charge is -2.32. The van der Waals surface area contributed by atoms with Gasteiger partial charge in [-0.2, -0.15) is 0 Å². The van der Waals surface area contributed by atoms with E-state index in [2.05, 4.69) is 17.4 Å². The maximum absolute atomic E-state index is 12.2. The van der Waals surface area contributed by atoms with Crippen LogP contribution in [-0.4, -0.2) is 19.1 Å². The molecule has 1 saturated heterocycles. The molecular weight excluding hydrogens is 288 g/mol. The first-order valence-electron chi connectivity index (χ1n) is 8.04. The Hall–Kier alpha value is -2.33. The summed E-state index contributed by atoms with van der Waals surface area (Å²) in [5, 5.41) is 3.03. The fourth-order valence-electron chi connectivity index (χ4n) is 3.02. The van der Waals surface area contributed by atoms with E-state index in [4.69, 9.17) is 10.5 Å². The molecule has 1 aliphatic heterocycles. The van der Waals surface area contributed by atoms with Crippen molar-refractivity contribution in [1.29, 1.82) is 0 Å². The van der Waals surface area contributed by atoms with Crippen LogP contribution in [0.1, 0.15) is 34.9 Å². The lowest BCUT2D eigenvalue weighted by molar-refractivity contribution is -0.0272. The molecule has 2 aromatic carbocycles. The molecule has 1 amide bonds. The number of benzene rings is 2. The van der Waals surface area contributed by atoms with Gasteiger partial charge in [0.05, 0.1) is 6.10 Å². The van der Waals surface area contributed by atoms with Gasteiger partial charge in [0.15, 0.2) is 0 Å². The van der Waals surface area contributed by atoms with E-state index >= 15 is 0 Å². The first kappa shape index (κ1) is 15.6. The summed E-state index contributed by atoms with van der Waals surface area (Å²) < 4.78 is 5.96. The highest BCUT2D eigenvalue weighted by atomic mass is 16.5. The lowest BCUT2D eigenvalue weighted by Crippen LogP contribution is -2.35. The van der Waals surface area contributed by atoms with Gasteiger partial charge in [-0.15, -0.1) is 0 Å². The van der Waals surface area contributed by atoms with Crippen LogP contribution in [0.15, 0.2) is 54.6 Å². The monoisotopic (exact) mass is 310 g/mol. The third-order valence-corrected chi connectivity index (χ3v) is 4.27. The van der Waals surface area contributed by atoms with Gasteiger partial charge in [0.1, 0.15) is 0 Å². The normalized spacial score (nSPS) is 20.9. The Morgan fingerprint density at radius 3 is 2.61 bits per heavy atom. The van der Waals surface area contributed by atoms with E-state index < -0.39 is 0 Å². The fourth-order valence-corrected chi connectivity index (χ4v) is 3.02. The summed E-state index contributed by atoms with van der Waals surface area (Å²) >= 11 is 0. The van der Waals surface area contributed by atoms with Gasteiger partial charge < -0.3 is 15.8 Å². The Balaban J connectivity index is 1.63. The molecule has 1 aliphatic rings. The first-order valence-corrected chi connectivity index (χ1v) is 8.04. The lowest BCUT2D eigenvalue weighted by atomic mass is 9.89. The van der Waals surface area contributed by atoms with Crippen LogP contribution in [0.4, 0.5) is 5.69 Å². The average Bonchev–Trinajstić information content (AvgIpc) is 2.61. The number of carbonyl (C=O) groups is 1. The largest absolute Gasteiger partial charge is 0.399 e. The molecule has 0 aliphatic carbocycles. The van der Waals surface area contributed by atoms with Crippen molar-refractivity contribution in [3.8, 4) is 0 Å². The zero-order valence-electron chi connectivity index (χ0n) is 13.1. The second-order valence-corrected chi connectivity index (χ2v) is 5.94. The minimum absolute atomic E-state index is 0.0525. The van der Waals surface area contributed by atoms with E-state index in [1.54, 1.807) is 24.3 Å². The molecule has 0 aromatic heterocycles. The molecule has 0 saturated carbocycles. The quantitative estimate of drug-likeness (QED) is 0.853. The molecule has 120 valence electrons. The number of amides is 1. The Morgan fingerprint density at radius 2 is 1.87 bits per heavy atom. The summed E-state index contributed by atoms with van der Waals surface area (Å²) in [7, 11) is 0. The number of nitrogens with one attached hydrogen (secondary N) is 1. The number of rotatable bonds is 4. The minimum atomic E-state index is -0.0672. The Labute approximate surface area is 136 Å². The predicted octanol–water partition coefficient (Wildman–Crippen LogP) is 3.17. The highest BCUT2D eigenvalue weighted by Crippen LogP contribution is 2.33. The van der Waals surface area contributed by atoms with Gasteiger partial charge in [0.25, 0.3) is 5.91 Å². The zero-order valence-corrected chi connectivity index (χ0v) is 13.1. The maximum Gasteiger partial charge on any atom is 0.251 e. The molecule has 2 atom stereocenters. The number of ether oxygens (including phenoxy) is 1. The first-order chi connectivity index (χ1) is 11.2. The van der Waals surface area contributed by atoms with Crippen LogP contribution in [0.2, 0.25) is 0 Å². The Morgan fingerprint density at radius 1 is 1.13 bits per heavy atom. The van der Waals surface area contributed by atoms with Gasteiger partial charge >= 0.3 is 0 Å². The van der Waals surface area contributed by atoms with Crippen LogP contribution in [-0.2, 0) is 4.74 Å². The third-order valence-electron chi connectivity index (χ3n) is 4.27. The highest BCUT2D eigenvalue weighted by Gasteiger charge is 2.27. The maximum atomic E-state index is 12.2. The molecule has 3 N–H and O–H groups in total. The van der Waals surface area contributed by atoms with Gasteiger partial charge in [0, 0.05) is 30.3 Å². The summed E-state index contributed by atoms with van der Waals surface area (Å²) in [6.07, 6.45) is 2.14. The summed E-state index contributed by atoms with van der Waals surface area (Å²) in [4.78, 5) is 12.2. The summed E-state index contributed by atoms with van der Waals surface area (Å²) in [6.45, 7) is 1.39. The fraction of sp³-hybridized carbons (Fsp3) is 0.316. The van der Waals surface area contributed by atoms with Crippen LogP contribution in [0.5, 0.6) is 0 Å².